The van der Waals surface area contributed by atoms with Crippen molar-refractivity contribution < 1.29 is 17.9 Å². The fourth-order valence-electron chi connectivity index (χ4n) is 1.59. The quantitative estimate of drug-likeness (QED) is 0.545. The van der Waals surface area contributed by atoms with E-state index in [0.29, 0.717) is 18.8 Å². The third kappa shape index (κ3) is 9.97. The van der Waals surface area contributed by atoms with E-state index in [9.17, 15) is 13.2 Å². The third-order valence-corrected chi connectivity index (χ3v) is 2.78. The van der Waals surface area contributed by atoms with Crippen LogP contribution in [0.5, 0.6) is 0 Å². The number of alkyl halides is 4. The van der Waals surface area contributed by atoms with Gasteiger partial charge in [0.15, 0.2) is 0 Å². The second-order valence-electron chi connectivity index (χ2n) is 5.37. The minimum atomic E-state index is -4.24. The van der Waals surface area contributed by atoms with Crippen LogP contribution < -0.4 is 5.32 Å². The van der Waals surface area contributed by atoms with Crippen LogP contribution in [0.25, 0.3) is 0 Å². The predicted octanol–water partition coefficient (Wildman–Crippen LogP) is 3.59. The van der Waals surface area contributed by atoms with Gasteiger partial charge in [-0.3, -0.25) is 0 Å². The molecule has 0 spiro atoms. The highest BCUT2D eigenvalue weighted by atomic mass is 35.5. The molecule has 0 saturated heterocycles. The SMILES string of the molecule is CC(C)(C)C(CCCl)NCCCOCC(F)(F)F. The number of hydrogen-bond acceptors (Lipinski definition) is 2. The maximum Gasteiger partial charge on any atom is 0.411 e. The maximum atomic E-state index is 11.8. The molecule has 1 atom stereocenters. The second-order valence-corrected chi connectivity index (χ2v) is 5.75. The van der Waals surface area contributed by atoms with Gasteiger partial charge >= 0.3 is 6.18 Å². The Bertz CT molecular complexity index is 216. The summed E-state index contributed by atoms with van der Waals surface area (Å²) in [7, 11) is 0. The Morgan fingerprint density at radius 2 is 1.83 bits per heavy atom. The van der Waals surface area contributed by atoms with Gasteiger partial charge in [0.2, 0.25) is 0 Å². The summed E-state index contributed by atoms with van der Waals surface area (Å²) in [6.45, 7) is 5.91. The van der Waals surface area contributed by atoms with Crippen molar-refractivity contribution in [2.24, 2.45) is 5.41 Å². The summed E-state index contributed by atoms with van der Waals surface area (Å²) in [5.74, 6) is 0.569. The van der Waals surface area contributed by atoms with Gasteiger partial charge in [-0.25, -0.2) is 0 Å². The highest BCUT2D eigenvalue weighted by molar-refractivity contribution is 6.17. The largest absolute Gasteiger partial charge is 0.411 e. The summed E-state index contributed by atoms with van der Waals surface area (Å²) in [6, 6.07) is 0.262. The highest BCUT2D eigenvalue weighted by Crippen LogP contribution is 2.22. The molecule has 2 nitrogen and oxygen atoms in total. The van der Waals surface area contributed by atoms with Crippen LogP contribution in [0, 0.1) is 5.41 Å². The van der Waals surface area contributed by atoms with E-state index in [1.165, 1.54) is 0 Å². The van der Waals surface area contributed by atoms with E-state index in [1.807, 2.05) is 0 Å². The van der Waals surface area contributed by atoms with E-state index in [4.69, 9.17) is 11.6 Å². The molecule has 110 valence electrons. The maximum absolute atomic E-state index is 11.8. The molecule has 0 radical (unpaired) electrons. The van der Waals surface area contributed by atoms with Crippen LogP contribution in [0.4, 0.5) is 13.2 Å². The zero-order valence-electron chi connectivity index (χ0n) is 11.2. The summed E-state index contributed by atoms with van der Waals surface area (Å²) in [5, 5.41) is 3.31. The molecule has 0 aliphatic carbocycles. The van der Waals surface area contributed by atoms with Crippen molar-refractivity contribution in [3.05, 3.63) is 0 Å². The zero-order valence-corrected chi connectivity index (χ0v) is 12.0. The predicted molar refractivity (Wildman–Crippen MR) is 68.1 cm³/mol. The molecule has 0 rings (SSSR count). The minimum absolute atomic E-state index is 0.0850. The van der Waals surface area contributed by atoms with Gasteiger partial charge in [0.05, 0.1) is 0 Å². The van der Waals surface area contributed by atoms with Crippen LogP contribution in [0.1, 0.15) is 33.6 Å². The molecule has 0 fully saturated rings. The van der Waals surface area contributed by atoms with E-state index in [2.05, 4.69) is 30.8 Å². The van der Waals surface area contributed by atoms with Crippen LogP contribution >= 0.6 is 11.6 Å². The van der Waals surface area contributed by atoms with E-state index in [-0.39, 0.29) is 18.1 Å². The summed E-state index contributed by atoms with van der Waals surface area (Å²) < 4.78 is 39.9. The van der Waals surface area contributed by atoms with Gasteiger partial charge in [0.1, 0.15) is 6.61 Å². The molecular weight excluding hydrogens is 267 g/mol. The van der Waals surface area contributed by atoms with Gasteiger partial charge in [-0.2, -0.15) is 13.2 Å². The van der Waals surface area contributed by atoms with E-state index >= 15 is 0 Å². The van der Waals surface area contributed by atoms with Crippen LogP contribution in [0.3, 0.4) is 0 Å². The van der Waals surface area contributed by atoms with Crippen LogP contribution in [-0.4, -0.2) is 37.9 Å². The van der Waals surface area contributed by atoms with Gasteiger partial charge in [-0.1, -0.05) is 20.8 Å². The lowest BCUT2D eigenvalue weighted by molar-refractivity contribution is -0.174. The summed E-state index contributed by atoms with van der Waals surface area (Å²) >= 11 is 5.73. The normalized spacial score (nSPS) is 14.8. The van der Waals surface area contributed by atoms with E-state index in [0.717, 1.165) is 6.42 Å². The Balaban J connectivity index is 3.68. The highest BCUT2D eigenvalue weighted by Gasteiger charge is 2.27. The minimum Gasteiger partial charge on any atom is -0.372 e. The van der Waals surface area contributed by atoms with Crippen molar-refractivity contribution in [1.29, 1.82) is 0 Å². The Morgan fingerprint density at radius 3 is 2.28 bits per heavy atom. The van der Waals surface area contributed by atoms with Gasteiger partial charge < -0.3 is 10.1 Å². The van der Waals surface area contributed by atoms with E-state index in [1.54, 1.807) is 0 Å². The first-order valence-corrected chi connectivity index (χ1v) is 6.64. The van der Waals surface area contributed by atoms with E-state index < -0.39 is 12.8 Å². The average molecular weight is 290 g/mol. The van der Waals surface area contributed by atoms with Crippen molar-refractivity contribution in [2.45, 2.75) is 45.8 Å². The van der Waals surface area contributed by atoms with Gasteiger partial charge in [-0.15, -0.1) is 11.6 Å². The van der Waals surface area contributed by atoms with Crippen LogP contribution in [0.2, 0.25) is 0 Å². The first-order valence-electron chi connectivity index (χ1n) is 6.10. The Morgan fingerprint density at radius 1 is 1.22 bits per heavy atom. The number of ether oxygens (including phenoxy) is 1. The molecule has 0 aliphatic heterocycles. The molecule has 18 heavy (non-hydrogen) atoms. The Kier molecular flexibility index (Phi) is 8.23. The van der Waals surface area contributed by atoms with Gasteiger partial charge in [0.25, 0.3) is 0 Å². The topological polar surface area (TPSA) is 21.3 Å². The van der Waals surface area contributed by atoms with Crippen molar-refractivity contribution >= 4 is 11.6 Å². The van der Waals surface area contributed by atoms with Crippen molar-refractivity contribution in [3.8, 4) is 0 Å². The van der Waals surface area contributed by atoms with Gasteiger partial charge in [0, 0.05) is 18.5 Å². The average Bonchev–Trinajstić information content (AvgIpc) is 2.18. The Labute approximate surface area is 112 Å². The smallest absolute Gasteiger partial charge is 0.372 e. The lowest BCUT2D eigenvalue weighted by atomic mass is 9.85. The van der Waals surface area contributed by atoms with Crippen molar-refractivity contribution in [3.63, 3.8) is 0 Å². The molecule has 0 aromatic rings. The molecule has 0 aliphatic rings. The summed E-state index contributed by atoms with van der Waals surface area (Å²) in [5.41, 5.74) is 0.0850. The van der Waals surface area contributed by atoms with Crippen LogP contribution in [0.15, 0.2) is 0 Å². The molecule has 0 aromatic carbocycles. The molecule has 0 aromatic heterocycles. The van der Waals surface area contributed by atoms with Crippen molar-refractivity contribution in [1.82, 2.24) is 5.32 Å². The molecule has 0 heterocycles. The number of rotatable bonds is 8. The number of hydrogen-bond donors (Lipinski definition) is 1. The lowest BCUT2D eigenvalue weighted by Gasteiger charge is -2.31. The summed E-state index contributed by atoms with van der Waals surface area (Å²) in [4.78, 5) is 0. The first-order chi connectivity index (χ1) is 8.17. The molecule has 0 saturated carbocycles. The third-order valence-electron chi connectivity index (χ3n) is 2.57. The monoisotopic (exact) mass is 289 g/mol. The molecule has 0 bridgehead atoms. The molecular formula is C12H23ClF3NO. The first kappa shape index (κ1) is 18.0. The van der Waals surface area contributed by atoms with Crippen molar-refractivity contribution in [2.75, 3.05) is 25.6 Å². The molecule has 1 unspecified atom stereocenters. The molecule has 0 amide bonds. The lowest BCUT2D eigenvalue weighted by Crippen LogP contribution is -2.41. The second kappa shape index (κ2) is 8.23. The fraction of sp³-hybridized carbons (Fsp3) is 1.00. The molecule has 6 heteroatoms. The standard InChI is InChI=1S/C12H23ClF3NO/c1-11(2,3)10(5-6-13)17-7-4-8-18-9-12(14,15)16/h10,17H,4-9H2,1-3H3. The summed E-state index contributed by atoms with van der Waals surface area (Å²) in [6.07, 6.45) is -2.83. The fourth-order valence-corrected chi connectivity index (χ4v) is 1.81. The van der Waals surface area contributed by atoms with Crippen LogP contribution in [-0.2, 0) is 4.74 Å². The van der Waals surface area contributed by atoms with Gasteiger partial charge in [-0.05, 0) is 24.8 Å². The Hall–Kier alpha value is -0.0000000000000000555. The molecule has 1 N–H and O–H groups in total. The number of nitrogens with one attached hydrogen (secondary N) is 1. The number of halogens is 4. The zero-order chi connectivity index (χ0) is 14.2.